The van der Waals surface area contributed by atoms with Gasteiger partial charge in [0.25, 0.3) is 0 Å². The number of aliphatic hydroxyl groups is 1. The number of hydrogen-bond acceptors (Lipinski definition) is 4. The van der Waals surface area contributed by atoms with Crippen LogP contribution < -0.4 is 0 Å². The van der Waals surface area contributed by atoms with Crippen molar-refractivity contribution in [3.63, 3.8) is 0 Å². The van der Waals surface area contributed by atoms with E-state index in [1.165, 1.54) is 0 Å². The number of ether oxygens (including phenoxy) is 3. The monoisotopic (exact) mass is 262 g/mol. The van der Waals surface area contributed by atoms with E-state index in [0.717, 1.165) is 19.3 Å². The largest absolute Gasteiger partial charge is 0.396 e. The Morgan fingerprint density at radius 3 is 1.28 bits per heavy atom. The predicted octanol–water partition coefficient (Wildman–Crippen LogP) is 2.24. The Bertz CT molecular complexity index is 147. The van der Waals surface area contributed by atoms with E-state index in [0.29, 0.717) is 39.6 Å². The molecule has 0 atom stereocenters. The van der Waals surface area contributed by atoms with Crippen LogP contribution in [0, 0.1) is 5.41 Å². The van der Waals surface area contributed by atoms with E-state index in [9.17, 15) is 5.11 Å². The summed E-state index contributed by atoms with van der Waals surface area (Å²) in [6.07, 6.45) is 2.94. The molecule has 0 saturated heterocycles. The van der Waals surface area contributed by atoms with Gasteiger partial charge < -0.3 is 19.3 Å². The van der Waals surface area contributed by atoms with Gasteiger partial charge in [-0.25, -0.2) is 0 Å². The van der Waals surface area contributed by atoms with E-state index >= 15 is 0 Å². The fourth-order valence-electron chi connectivity index (χ4n) is 1.56. The standard InChI is InChI=1S/C14H30O4/c1-4-7-16-11-14(10-15,12-17-8-5-2)13-18-9-6-3/h15H,4-13H2,1-3H3. The molecule has 0 saturated carbocycles. The Morgan fingerprint density at radius 2 is 1.06 bits per heavy atom. The van der Waals surface area contributed by atoms with Gasteiger partial charge in [-0.2, -0.15) is 0 Å². The third-order valence-electron chi connectivity index (χ3n) is 2.61. The van der Waals surface area contributed by atoms with Crippen LogP contribution in [0.15, 0.2) is 0 Å². The zero-order valence-electron chi connectivity index (χ0n) is 12.2. The van der Waals surface area contributed by atoms with Gasteiger partial charge in [-0.3, -0.25) is 0 Å². The van der Waals surface area contributed by atoms with Gasteiger partial charge in [0.15, 0.2) is 0 Å². The summed E-state index contributed by atoms with van der Waals surface area (Å²) in [6.45, 7) is 9.85. The van der Waals surface area contributed by atoms with E-state index in [-0.39, 0.29) is 6.61 Å². The van der Waals surface area contributed by atoms with E-state index in [4.69, 9.17) is 14.2 Å². The number of rotatable bonds is 13. The van der Waals surface area contributed by atoms with Gasteiger partial charge in [0.1, 0.15) is 0 Å². The van der Waals surface area contributed by atoms with Crippen LogP contribution in [-0.4, -0.2) is 51.4 Å². The molecule has 4 heteroatoms. The first-order valence-electron chi connectivity index (χ1n) is 7.08. The molecule has 1 N–H and O–H groups in total. The molecule has 0 fully saturated rings. The van der Waals surface area contributed by atoms with Crippen molar-refractivity contribution >= 4 is 0 Å². The van der Waals surface area contributed by atoms with Crippen LogP contribution in [0.1, 0.15) is 40.0 Å². The average Bonchev–Trinajstić information content (AvgIpc) is 2.39. The molecule has 0 aromatic heterocycles. The van der Waals surface area contributed by atoms with Gasteiger partial charge >= 0.3 is 0 Å². The summed E-state index contributed by atoms with van der Waals surface area (Å²) in [5.74, 6) is 0. The van der Waals surface area contributed by atoms with Gasteiger partial charge in [0.05, 0.1) is 31.8 Å². The third-order valence-corrected chi connectivity index (χ3v) is 2.61. The minimum Gasteiger partial charge on any atom is -0.396 e. The molecule has 0 aromatic rings. The highest BCUT2D eigenvalue weighted by Crippen LogP contribution is 2.19. The minimum absolute atomic E-state index is 0.0319. The summed E-state index contributed by atoms with van der Waals surface area (Å²) >= 11 is 0. The maximum atomic E-state index is 9.63. The summed E-state index contributed by atoms with van der Waals surface area (Å²) < 4.78 is 16.7. The molecule has 0 aliphatic heterocycles. The molecule has 0 rings (SSSR count). The zero-order valence-corrected chi connectivity index (χ0v) is 12.2. The number of aliphatic hydroxyl groups excluding tert-OH is 1. The molecule has 4 nitrogen and oxygen atoms in total. The Hall–Kier alpha value is -0.160. The van der Waals surface area contributed by atoms with Crippen molar-refractivity contribution in [3.8, 4) is 0 Å². The molecular weight excluding hydrogens is 232 g/mol. The average molecular weight is 262 g/mol. The van der Waals surface area contributed by atoms with Crippen LogP contribution in [0.3, 0.4) is 0 Å². The van der Waals surface area contributed by atoms with Crippen molar-refractivity contribution < 1.29 is 19.3 Å². The van der Waals surface area contributed by atoms with Crippen LogP contribution in [0.5, 0.6) is 0 Å². The lowest BCUT2D eigenvalue weighted by atomic mass is 9.92. The first-order valence-corrected chi connectivity index (χ1v) is 7.08. The lowest BCUT2D eigenvalue weighted by molar-refractivity contribution is -0.0925. The summed E-state index contributed by atoms with van der Waals surface area (Å²) in [6, 6.07) is 0. The van der Waals surface area contributed by atoms with Crippen molar-refractivity contribution in [2.45, 2.75) is 40.0 Å². The van der Waals surface area contributed by atoms with E-state index in [1.54, 1.807) is 0 Å². The second-order valence-electron chi connectivity index (χ2n) is 4.82. The SMILES string of the molecule is CCCOCC(CO)(COCCC)COCCC. The fraction of sp³-hybridized carbons (Fsp3) is 1.00. The van der Waals surface area contributed by atoms with Crippen molar-refractivity contribution in [1.82, 2.24) is 0 Å². The van der Waals surface area contributed by atoms with E-state index in [1.807, 2.05) is 0 Å². The Kier molecular flexibility index (Phi) is 11.8. The minimum atomic E-state index is -0.417. The smallest absolute Gasteiger partial charge is 0.0635 e. The third kappa shape index (κ3) is 8.03. The van der Waals surface area contributed by atoms with Crippen LogP contribution in [-0.2, 0) is 14.2 Å². The summed E-state index contributed by atoms with van der Waals surface area (Å²) in [7, 11) is 0. The highest BCUT2D eigenvalue weighted by atomic mass is 16.5. The normalized spacial score (nSPS) is 12.0. The molecule has 110 valence electrons. The van der Waals surface area contributed by atoms with Gasteiger partial charge in [0, 0.05) is 19.8 Å². The predicted molar refractivity (Wildman–Crippen MR) is 72.8 cm³/mol. The molecule has 0 aliphatic rings. The van der Waals surface area contributed by atoms with E-state index in [2.05, 4.69) is 20.8 Å². The maximum Gasteiger partial charge on any atom is 0.0635 e. The molecule has 0 bridgehead atoms. The Morgan fingerprint density at radius 1 is 0.722 bits per heavy atom. The van der Waals surface area contributed by atoms with E-state index < -0.39 is 5.41 Å². The molecular formula is C14H30O4. The highest BCUT2D eigenvalue weighted by Gasteiger charge is 2.31. The van der Waals surface area contributed by atoms with Crippen LogP contribution >= 0.6 is 0 Å². The Balaban J connectivity index is 4.20. The highest BCUT2D eigenvalue weighted by molar-refractivity contribution is 4.78. The van der Waals surface area contributed by atoms with Gasteiger partial charge in [-0.05, 0) is 19.3 Å². The molecule has 0 aliphatic carbocycles. The molecule has 0 unspecified atom stereocenters. The summed E-state index contributed by atoms with van der Waals surface area (Å²) in [5.41, 5.74) is -0.417. The van der Waals surface area contributed by atoms with Crippen molar-refractivity contribution in [3.05, 3.63) is 0 Å². The summed E-state index contributed by atoms with van der Waals surface area (Å²) in [4.78, 5) is 0. The van der Waals surface area contributed by atoms with Crippen molar-refractivity contribution in [2.75, 3.05) is 46.2 Å². The van der Waals surface area contributed by atoms with Crippen LogP contribution in [0.4, 0.5) is 0 Å². The number of hydrogen-bond donors (Lipinski definition) is 1. The summed E-state index contributed by atoms with van der Waals surface area (Å²) in [5, 5.41) is 9.63. The van der Waals surface area contributed by atoms with Gasteiger partial charge in [0.2, 0.25) is 0 Å². The second kappa shape index (κ2) is 11.9. The van der Waals surface area contributed by atoms with Crippen LogP contribution in [0.2, 0.25) is 0 Å². The first kappa shape index (κ1) is 17.8. The lowest BCUT2D eigenvalue weighted by Gasteiger charge is -2.31. The van der Waals surface area contributed by atoms with Crippen molar-refractivity contribution in [1.29, 1.82) is 0 Å². The molecule has 0 amide bonds. The van der Waals surface area contributed by atoms with Crippen LogP contribution in [0.25, 0.3) is 0 Å². The molecule has 0 aromatic carbocycles. The topological polar surface area (TPSA) is 47.9 Å². The van der Waals surface area contributed by atoms with Crippen molar-refractivity contribution in [2.24, 2.45) is 5.41 Å². The lowest BCUT2D eigenvalue weighted by Crippen LogP contribution is -2.41. The van der Waals surface area contributed by atoms with Gasteiger partial charge in [-0.1, -0.05) is 20.8 Å². The van der Waals surface area contributed by atoms with Gasteiger partial charge in [-0.15, -0.1) is 0 Å². The molecule has 0 spiro atoms. The maximum absolute atomic E-state index is 9.63. The Labute approximate surface area is 112 Å². The molecule has 0 radical (unpaired) electrons. The fourth-order valence-corrected chi connectivity index (χ4v) is 1.56. The molecule has 18 heavy (non-hydrogen) atoms. The first-order chi connectivity index (χ1) is 8.74. The molecule has 0 heterocycles. The quantitative estimate of drug-likeness (QED) is 0.517. The zero-order chi connectivity index (χ0) is 13.7. The second-order valence-corrected chi connectivity index (χ2v) is 4.82.